The number of hydrogen-bond donors (Lipinski definition) is 4. The Morgan fingerprint density at radius 3 is 1.10 bits per heavy atom. The molecule has 0 aliphatic heterocycles. The zero-order chi connectivity index (χ0) is 30.0. The van der Waals surface area contributed by atoms with E-state index in [9.17, 15) is 0 Å². The first-order chi connectivity index (χ1) is 19.4. The third-order valence-corrected chi connectivity index (χ3v) is 14.9. The number of nitrogens with one attached hydrogen (secondary N) is 2. The van der Waals surface area contributed by atoms with Gasteiger partial charge in [-0.2, -0.15) is 0 Å². The van der Waals surface area contributed by atoms with Crippen LogP contribution in [0.15, 0.2) is 0 Å². The maximum atomic E-state index is 5.98. The Morgan fingerprint density at radius 1 is 0.550 bits per heavy atom. The van der Waals surface area contributed by atoms with Crippen molar-refractivity contribution in [3.63, 3.8) is 0 Å². The van der Waals surface area contributed by atoms with Gasteiger partial charge in [0.15, 0.2) is 0 Å². The van der Waals surface area contributed by atoms with Crippen LogP contribution in [0.4, 0.5) is 0 Å². The van der Waals surface area contributed by atoms with Crippen molar-refractivity contribution in [1.82, 2.24) is 10.6 Å². The Balaban J connectivity index is 4.53. The number of rotatable bonds is 31. The van der Waals surface area contributed by atoms with Gasteiger partial charge in [0.05, 0.1) is 0 Å². The van der Waals surface area contributed by atoms with E-state index in [0.29, 0.717) is 64.8 Å². The highest BCUT2D eigenvalue weighted by atomic mass is 33.1. The van der Waals surface area contributed by atoms with E-state index in [0.717, 1.165) is 62.4 Å². The summed E-state index contributed by atoms with van der Waals surface area (Å²) in [7, 11) is -1.36. The van der Waals surface area contributed by atoms with Crippen LogP contribution >= 0.6 is 21.6 Å². The first kappa shape index (κ1) is 40.7. The molecule has 40 heavy (non-hydrogen) atoms. The van der Waals surface area contributed by atoms with Crippen LogP contribution < -0.4 is 22.1 Å². The Labute approximate surface area is 255 Å². The van der Waals surface area contributed by atoms with Crippen molar-refractivity contribution >= 4 is 39.2 Å². The molecule has 2 unspecified atom stereocenters. The van der Waals surface area contributed by atoms with Gasteiger partial charge in [-0.1, -0.05) is 21.6 Å². The van der Waals surface area contributed by atoms with Crippen molar-refractivity contribution in [3.05, 3.63) is 0 Å². The second-order valence-corrected chi connectivity index (χ2v) is 17.2. The van der Waals surface area contributed by atoms with E-state index in [2.05, 4.69) is 10.6 Å². The molecule has 0 spiro atoms. The van der Waals surface area contributed by atoms with Gasteiger partial charge in [0, 0.05) is 75.3 Å². The molecule has 0 amide bonds. The van der Waals surface area contributed by atoms with Gasteiger partial charge in [-0.05, 0) is 93.4 Å². The fourth-order valence-corrected chi connectivity index (χ4v) is 12.3. The van der Waals surface area contributed by atoms with E-state index in [1.54, 1.807) is 0 Å². The lowest BCUT2D eigenvalue weighted by Gasteiger charge is -2.29. The normalized spacial score (nSPS) is 14.1. The van der Waals surface area contributed by atoms with E-state index in [1.807, 2.05) is 63.1 Å². The van der Waals surface area contributed by atoms with Gasteiger partial charge < -0.3 is 48.7 Å². The molecule has 0 aromatic heterocycles. The van der Waals surface area contributed by atoms with Crippen molar-refractivity contribution in [2.24, 2.45) is 11.5 Å². The Hall–Kier alpha value is 0.734. The molecule has 14 heteroatoms. The first-order valence-electron chi connectivity index (χ1n) is 15.4. The topological polar surface area (TPSA) is 131 Å². The molecule has 0 saturated heterocycles. The molecule has 0 aromatic carbocycles. The van der Waals surface area contributed by atoms with Gasteiger partial charge in [0.25, 0.3) is 0 Å². The minimum absolute atomic E-state index is 0.375. The molecule has 0 aliphatic rings. The molecule has 0 radical (unpaired) electrons. The van der Waals surface area contributed by atoms with Crippen molar-refractivity contribution < 1.29 is 26.6 Å². The Morgan fingerprint density at radius 2 is 0.850 bits per heavy atom. The zero-order valence-corrected chi connectivity index (χ0v) is 29.9. The van der Waals surface area contributed by atoms with Crippen LogP contribution in [0.25, 0.3) is 0 Å². The predicted octanol–water partition coefficient (Wildman–Crippen LogP) is 3.86. The third-order valence-electron chi connectivity index (χ3n) is 6.02. The second-order valence-electron chi connectivity index (χ2n) is 9.20. The summed E-state index contributed by atoms with van der Waals surface area (Å²) in [5, 5.41) is 7.39. The summed E-state index contributed by atoms with van der Waals surface area (Å²) in [5.41, 5.74) is 11.8. The van der Waals surface area contributed by atoms with E-state index < -0.39 is 17.6 Å². The van der Waals surface area contributed by atoms with Gasteiger partial charge in [-0.3, -0.25) is 0 Å². The monoisotopic (exact) mass is 646 g/mol. The first-order valence-corrected chi connectivity index (χ1v) is 21.7. The highest BCUT2D eigenvalue weighted by Crippen LogP contribution is 2.25. The summed E-state index contributed by atoms with van der Waals surface area (Å²) in [5.74, 6) is 2.01. The standard InChI is InChI=1S/C26H62N4O6S2Si2/c1-7-31-39(32-8-2,33-9-3)21-13-19-29-25(15-17-27)23-37-38-24-26(16-18-28)30-20-14-22-40(34-10-4,35-11-5)36-12-6/h25-26,29-30H,7-24,27-28H2,1-6H3. The molecule has 2 atom stereocenters. The average molecular weight is 647 g/mol. The summed E-state index contributed by atoms with van der Waals surface area (Å²) in [6, 6.07) is 2.39. The fraction of sp³-hybridized carbons (Fsp3) is 1.00. The Bertz CT molecular complexity index is 487. The summed E-state index contributed by atoms with van der Waals surface area (Å²) in [4.78, 5) is 0. The molecule has 0 rings (SSSR count). The third kappa shape index (κ3) is 19.1. The highest BCUT2D eigenvalue weighted by molar-refractivity contribution is 8.76. The smallest absolute Gasteiger partial charge is 0.374 e. The molecule has 0 heterocycles. The molecule has 0 fully saturated rings. The van der Waals surface area contributed by atoms with E-state index in [4.69, 9.17) is 38.0 Å². The van der Waals surface area contributed by atoms with Gasteiger partial charge in [-0.25, -0.2) is 0 Å². The minimum Gasteiger partial charge on any atom is -0.374 e. The molecule has 0 saturated carbocycles. The van der Waals surface area contributed by atoms with Crippen LogP contribution in [-0.2, 0) is 26.6 Å². The molecule has 242 valence electrons. The lowest BCUT2D eigenvalue weighted by molar-refractivity contribution is 0.0700. The van der Waals surface area contributed by atoms with Crippen LogP contribution in [0, 0.1) is 0 Å². The van der Waals surface area contributed by atoms with Gasteiger partial charge in [-0.15, -0.1) is 0 Å². The second kappa shape index (κ2) is 27.3. The maximum absolute atomic E-state index is 5.98. The lowest BCUT2D eigenvalue weighted by Crippen LogP contribution is -2.46. The SMILES string of the molecule is CCO[Si](CCCNC(CCN)CSSCC(CCN)NCCC[Si](OCC)(OCC)OCC)(OCC)OCC. The fourth-order valence-electron chi connectivity index (χ4n) is 4.38. The van der Waals surface area contributed by atoms with Crippen molar-refractivity contribution in [3.8, 4) is 0 Å². The number of hydrogen-bond acceptors (Lipinski definition) is 12. The van der Waals surface area contributed by atoms with Gasteiger partial charge in [0.2, 0.25) is 0 Å². The van der Waals surface area contributed by atoms with Crippen LogP contribution in [0.2, 0.25) is 12.1 Å². The summed E-state index contributed by atoms with van der Waals surface area (Å²) >= 11 is 0. The molecule has 6 N–H and O–H groups in total. The molecular formula is C26H62N4O6S2Si2. The summed E-state index contributed by atoms with van der Waals surface area (Å²) in [6.07, 6.45) is 3.81. The Kier molecular flexibility index (Phi) is 27.8. The van der Waals surface area contributed by atoms with Crippen LogP contribution in [0.5, 0.6) is 0 Å². The van der Waals surface area contributed by atoms with Crippen LogP contribution in [-0.4, -0.2) is 107 Å². The van der Waals surface area contributed by atoms with E-state index >= 15 is 0 Å². The highest BCUT2D eigenvalue weighted by Gasteiger charge is 2.40. The largest absolute Gasteiger partial charge is 0.500 e. The quantitative estimate of drug-likeness (QED) is 0.0496. The minimum atomic E-state index is -2.59. The molecule has 0 aliphatic carbocycles. The summed E-state index contributed by atoms with van der Waals surface area (Å²) in [6.45, 7) is 18.8. The zero-order valence-electron chi connectivity index (χ0n) is 26.3. The molecule has 0 bridgehead atoms. The van der Waals surface area contributed by atoms with Crippen LogP contribution in [0.3, 0.4) is 0 Å². The number of nitrogens with two attached hydrogens (primary N) is 2. The van der Waals surface area contributed by atoms with Crippen molar-refractivity contribution in [2.75, 3.05) is 77.3 Å². The molecule has 0 aromatic rings. The predicted molar refractivity (Wildman–Crippen MR) is 176 cm³/mol. The van der Waals surface area contributed by atoms with E-state index in [-0.39, 0.29) is 0 Å². The van der Waals surface area contributed by atoms with Crippen molar-refractivity contribution in [2.45, 2.75) is 91.4 Å². The van der Waals surface area contributed by atoms with Crippen LogP contribution in [0.1, 0.15) is 67.2 Å². The molecule has 10 nitrogen and oxygen atoms in total. The average Bonchev–Trinajstić information content (AvgIpc) is 2.92. The van der Waals surface area contributed by atoms with Gasteiger partial charge in [0.1, 0.15) is 0 Å². The van der Waals surface area contributed by atoms with Gasteiger partial charge >= 0.3 is 17.6 Å². The lowest BCUT2D eigenvalue weighted by atomic mass is 10.2. The maximum Gasteiger partial charge on any atom is 0.500 e. The summed E-state index contributed by atoms with van der Waals surface area (Å²) < 4.78 is 35.9. The van der Waals surface area contributed by atoms with E-state index in [1.165, 1.54) is 0 Å². The van der Waals surface area contributed by atoms with Crippen molar-refractivity contribution in [1.29, 1.82) is 0 Å². The molecular weight excluding hydrogens is 585 g/mol.